The Kier molecular flexibility index (Phi) is 3.15. The molecule has 0 radical (unpaired) electrons. The summed E-state index contributed by atoms with van der Waals surface area (Å²) in [6.07, 6.45) is 2.29. The van der Waals surface area contributed by atoms with E-state index in [-0.39, 0.29) is 0 Å². The molecular weight excluding hydrogens is 282 g/mol. The van der Waals surface area contributed by atoms with Gasteiger partial charge in [-0.15, -0.1) is 11.3 Å². The number of thiazole rings is 1. The van der Waals surface area contributed by atoms with Gasteiger partial charge in [0.2, 0.25) is 0 Å². The molecule has 1 atom stereocenters. The van der Waals surface area contributed by atoms with Gasteiger partial charge in [-0.25, -0.2) is 9.97 Å². The van der Waals surface area contributed by atoms with Crippen molar-refractivity contribution < 1.29 is 4.42 Å². The summed E-state index contributed by atoms with van der Waals surface area (Å²) in [5.41, 5.74) is 2.93. The third-order valence-corrected chi connectivity index (χ3v) is 4.98. The summed E-state index contributed by atoms with van der Waals surface area (Å²) in [6, 6.07) is 7.98. The molecule has 0 saturated carbocycles. The second kappa shape index (κ2) is 5.15. The van der Waals surface area contributed by atoms with E-state index in [1.807, 2.05) is 31.2 Å². The molecule has 0 bridgehead atoms. The Morgan fingerprint density at radius 3 is 3.00 bits per heavy atom. The Morgan fingerprint density at radius 1 is 1.29 bits per heavy atom. The maximum absolute atomic E-state index is 5.94. The van der Waals surface area contributed by atoms with E-state index in [4.69, 9.17) is 4.42 Å². The first-order valence-electron chi connectivity index (χ1n) is 7.32. The van der Waals surface area contributed by atoms with Gasteiger partial charge in [-0.3, -0.25) is 0 Å². The normalized spacial score (nSPS) is 19.3. The summed E-state index contributed by atoms with van der Waals surface area (Å²) in [5, 5.41) is 3.23. The molecule has 3 aromatic rings. The fraction of sp³-hybridized carbons (Fsp3) is 0.375. The molecule has 1 aromatic carbocycles. The lowest BCUT2D eigenvalue weighted by atomic mass is 9.98. The van der Waals surface area contributed by atoms with Gasteiger partial charge in [0.05, 0.1) is 11.6 Å². The van der Waals surface area contributed by atoms with Crippen LogP contribution in [0.4, 0.5) is 5.13 Å². The molecular formula is C16H17N3OS. The number of hydrogen-bond acceptors (Lipinski definition) is 5. The van der Waals surface area contributed by atoms with Gasteiger partial charge in [0, 0.05) is 18.5 Å². The maximum Gasteiger partial charge on any atom is 0.200 e. The number of hydrogen-bond donors (Lipinski definition) is 0. The summed E-state index contributed by atoms with van der Waals surface area (Å²) >= 11 is 1.72. The number of oxazole rings is 1. The van der Waals surface area contributed by atoms with Gasteiger partial charge in [-0.1, -0.05) is 12.1 Å². The molecule has 4 rings (SSSR count). The summed E-state index contributed by atoms with van der Waals surface area (Å²) in [7, 11) is 0. The first-order valence-corrected chi connectivity index (χ1v) is 8.20. The first kappa shape index (κ1) is 12.8. The predicted octanol–water partition coefficient (Wildman–Crippen LogP) is 3.98. The molecule has 1 unspecified atom stereocenters. The standard InChI is InChI=1S/C16H17N3OS/c1-11-10-21-16(17-11)19-8-4-5-12(9-19)15-18-13-6-2-3-7-14(13)20-15/h2-3,6-7,10,12H,4-5,8-9H2,1H3. The zero-order chi connectivity index (χ0) is 14.2. The smallest absolute Gasteiger partial charge is 0.200 e. The lowest BCUT2D eigenvalue weighted by Gasteiger charge is -2.30. The largest absolute Gasteiger partial charge is 0.440 e. The Labute approximate surface area is 127 Å². The third kappa shape index (κ3) is 2.42. The van der Waals surface area contributed by atoms with Crippen molar-refractivity contribution in [3.63, 3.8) is 0 Å². The number of rotatable bonds is 2. The Morgan fingerprint density at radius 2 is 2.19 bits per heavy atom. The molecule has 1 saturated heterocycles. The lowest BCUT2D eigenvalue weighted by molar-refractivity contribution is 0.413. The van der Waals surface area contributed by atoms with Crippen molar-refractivity contribution in [3.05, 3.63) is 41.2 Å². The highest BCUT2D eigenvalue weighted by Gasteiger charge is 2.26. The lowest BCUT2D eigenvalue weighted by Crippen LogP contribution is -2.34. The number of benzene rings is 1. The molecule has 0 aliphatic carbocycles. The van der Waals surface area contributed by atoms with Crippen LogP contribution in [0.15, 0.2) is 34.1 Å². The van der Waals surface area contributed by atoms with Gasteiger partial charge < -0.3 is 9.32 Å². The van der Waals surface area contributed by atoms with Crippen LogP contribution in [0.1, 0.15) is 30.3 Å². The summed E-state index contributed by atoms with van der Waals surface area (Å²) < 4.78 is 5.94. The van der Waals surface area contributed by atoms with Crippen molar-refractivity contribution >= 4 is 27.6 Å². The fourth-order valence-electron chi connectivity index (χ4n) is 2.90. The van der Waals surface area contributed by atoms with E-state index in [1.165, 1.54) is 0 Å². The highest BCUT2D eigenvalue weighted by atomic mass is 32.1. The number of nitrogens with zero attached hydrogens (tertiary/aromatic N) is 3. The molecule has 1 aliphatic heterocycles. The van der Waals surface area contributed by atoms with Crippen LogP contribution < -0.4 is 4.90 Å². The van der Waals surface area contributed by atoms with E-state index in [9.17, 15) is 0 Å². The molecule has 0 amide bonds. The molecule has 2 aromatic heterocycles. The van der Waals surface area contributed by atoms with Crippen LogP contribution in [0.25, 0.3) is 11.1 Å². The number of aryl methyl sites for hydroxylation is 1. The molecule has 108 valence electrons. The van der Waals surface area contributed by atoms with Crippen LogP contribution in [0.5, 0.6) is 0 Å². The van der Waals surface area contributed by atoms with Crippen LogP contribution in [0, 0.1) is 6.92 Å². The number of fused-ring (bicyclic) bond motifs is 1. The predicted molar refractivity (Wildman–Crippen MR) is 85.0 cm³/mol. The second-order valence-corrected chi connectivity index (χ2v) is 6.41. The SMILES string of the molecule is Cc1csc(N2CCCC(c3nc4ccccc4o3)C2)n1. The number of anilines is 1. The van der Waals surface area contributed by atoms with Crippen LogP contribution in [-0.2, 0) is 0 Å². The minimum Gasteiger partial charge on any atom is -0.440 e. The minimum atomic E-state index is 0.357. The molecule has 1 fully saturated rings. The molecule has 1 aliphatic rings. The van der Waals surface area contributed by atoms with Crippen molar-refractivity contribution in [1.82, 2.24) is 9.97 Å². The quantitative estimate of drug-likeness (QED) is 0.718. The maximum atomic E-state index is 5.94. The van der Waals surface area contributed by atoms with Gasteiger partial charge in [-0.2, -0.15) is 0 Å². The van der Waals surface area contributed by atoms with E-state index in [0.717, 1.165) is 53.7 Å². The second-order valence-electron chi connectivity index (χ2n) is 5.58. The van der Waals surface area contributed by atoms with Gasteiger partial charge in [0.1, 0.15) is 5.52 Å². The zero-order valence-electron chi connectivity index (χ0n) is 12.0. The van der Waals surface area contributed by atoms with Gasteiger partial charge >= 0.3 is 0 Å². The highest BCUT2D eigenvalue weighted by Crippen LogP contribution is 2.32. The van der Waals surface area contributed by atoms with Gasteiger partial charge in [0.25, 0.3) is 0 Å². The first-order chi connectivity index (χ1) is 10.3. The van der Waals surface area contributed by atoms with E-state index in [0.29, 0.717) is 5.92 Å². The van der Waals surface area contributed by atoms with E-state index >= 15 is 0 Å². The van der Waals surface area contributed by atoms with E-state index in [2.05, 4.69) is 20.2 Å². The summed E-state index contributed by atoms with van der Waals surface area (Å²) in [5.74, 6) is 1.23. The molecule has 5 heteroatoms. The molecule has 3 heterocycles. The Balaban J connectivity index is 1.60. The average molecular weight is 299 g/mol. The topological polar surface area (TPSA) is 42.2 Å². The number of piperidine rings is 1. The van der Waals surface area contributed by atoms with E-state index < -0.39 is 0 Å². The van der Waals surface area contributed by atoms with Crippen molar-refractivity contribution in [2.24, 2.45) is 0 Å². The van der Waals surface area contributed by atoms with Gasteiger partial charge in [0.15, 0.2) is 16.6 Å². The van der Waals surface area contributed by atoms with Crippen LogP contribution in [0.3, 0.4) is 0 Å². The van der Waals surface area contributed by atoms with Crippen molar-refractivity contribution in [2.75, 3.05) is 18.0 Å². The van der Waals surface area contributed by atoms with E-state index in [1.54, 1.807) is 11.3 Å². The number of para-hydroxylation sites is 2. The summed E-state index contributed by atoms with van der Waals surface area (Å²) in [4.78, 5) is 11.6. The zero-order valence-corrected chi connectivity index (χ0v) is 12.8. The third-order valence-electron chi connectivity index (χ3n) is 3.96. The molecule has 0 spiro atoms. The fourth-order valence-corrected chi connectivity index (χ4v) is 3.74. The van der Waals surface area contributed by atoms with Crippen LogP contribution in [-0.4, -0.2) is 23.1 Å². The van der Waals surface area contributed by atoms with Crippen molar-refractivity contribution in [1.29, 1.82) is 0 Å². The van der Waals surface area contributed by atoms with Gasteiger partial charge in [-0.05, 0) is 31.9 Å². The highest BCUT2D eigenvalue weighted by molar-refractivity contribution is 7.13. The average Bonchev–Trinajstić information content (AvgIpc) is 3.13. The minimum absolute atomic E-state index is 0.357. The Hall–Kier alpha value is -1.88. The Bertz CT molecular complexity index is 731. The molecule has 4 nitrogen and oxygen atoms in total. The molecule has 0 N–H and O–H groups in total. The number of aromatic nitrogens is 2. The van der Waals surface area contributed by atoms with Crippen LogP contribution >= 0.6 is 11.3 Å². The van der Waals surface area contributed by atoms with Crippen molar-refractivity contribution in [3.8, 4) is 0 Å². The van der Waals surface area contributed by atoms with Crippen molar-refractivity contribution in [2.45, 2.75) is 25.7 Å². The van der Waals surface area contributed by atoms with Crippen LogP contribution in [0.2, 0.25) is 0 Å². The monoisotopic (exact) mass is 299 g/mol. The summed E-state index contributed by atoms with van der Waals surface area (Å²) in [6.45, 7) is 4.06. The molecule has 21 heavy (non-hydrogen) atoms.